The molecule has 22 heavy (non-hydrogen) atoms. The molecule has 0 saturated carbocycles. The summed E-state index contributed by atoms with van der Waals surface area (Å²) < 4.78 is 0. The topological polar surface area (TPSA) is 30.0 Å². The molecule has 112 valence electrons. The van der Waals surface area contributed by atoms with Gasteiger partial charge < -0.3 is 0 Å². The van der Waals surface area contributed by atoms with Crippen LogP contribution in [0.4, 0.5) is 0 Å². The molecule has 1 heterocycles. The Morgan fingerprint density at radius 3 is 2.36 bits per heavy atom. The maximum atomic E-state index is 13.1. The van der Waals surface area contributed by atoms with Gasteiger partial charge in [-0.25, -0.2) is 4.98 Å². The summed E-state index contributed by atoms with van der Waals surface area (Å²) in [6.07, 6.45) is 0. The molecular weight excluding hydrogens is 289 g/mol. The lowest BCUT2D eigenvalue weighted by molar-refractivity contribution is 0.0917. The van der Waals surface area contributed by atoms with Crippen molar-refractivity contribution in [3.05, 3.63) is 54.1 Å². The van der Waals surface area contributed by atoms with Gasteiger partial charge in [0.05, 0.1) is 10.9 Å². The predicted octanol–water partition coefficient (Wildman–Crippen LogP) is 5.88. The molecule has 0 aliphatic rings. The summed E-state index contributed by atoms with van der Waals surface area (Å²) in [5.41, 5.74) is 4.04. The summed E-state index contributed by atoms with van der Waals surface area (Å²) in [7, 11) is -1.06. The van der Waals surface area contributed by atoms with Crippen LogP contribution in [0.3, 0.4) is 0 Å². The molecule has 3 aromatic rings. The van der Waals surface area contributed by atoms with Crippen molar-refractivity contribution in [3.63, 3.8) is 0 Å². The zero-order chi connectivity index (χ0) is 15.9. The molecular formula is C19H20NOP. The average molecular weight is 309 g/mol. The Labute approximate surface area is 132 Å². The minimum absolute atomic E-state index is 0.287. The number of aryl methyl sites for hydroxylation is 1. The highest BCUT2D eigenvalue weighted by Crippen LogP contribution is 2.51. The Hall–Kier alpha value is -1.92. The fourth-order valence-corrected chi connectivity index (χ4v) is 5.12. The van der Waals surface area contributed by atoms with Crippen LogP contribution >= 0.6 is 7.53 Å². The van der Waals surface area contributed by atoms with Crippen LogP contribution < -0.4 is 0 Å². The second kappa shape index (κ2) is 5.37. The Morgan fingerprint density at radius 2 is 1.73 bits per heavy atom. The van der Waals surface area contributed by atoms with E-state index in [1.54, 1.807) is 0 Å². The maximum Gasteiger partial charge on any atom is 0.185 e. The fraction of sp³-hybridized carbons (Fsp3) is 0.263. The number of hydrogen-bond acceptors (Lipinski definition) is 2. The number of rotatable bonds is 2. The number of aromatic nitrogens is 1. The van der Waals surface area contributed by atoms with Crippen molar-refractivity contribution < 1.29 is 4.79 Å². The normalized spacial score (nSPS) is 12.6. The summed E-state index contributed by atoms with van der Waals surface area (Å²) in [6.45, 7) is 8.05. The van der Waals surface area contributed by atoms with Crippen molar-refractivity contribution >= 4 is 23.7 Å². The molecule has 1 aromatic heterocycles. The van der Waals surface area contributed by atoms with Crippen LogP contribution in [0.5, 0.6) is 0 Å². The first-order valence-electron chi connectivity index (χ1n) is 7.47. The third kappa shape index (κ3) is 2.60. The van der Waals surface area contributed by atoms with Crippen LogP contribution in [-0.4, -0.2) is 10.5 Å². The molecule has 3 heteroatoms. The lowest BCUT2D eigenvalue weighted by Crippen LogP contribution is -2.14. The molecule has 0 amide bonds. The van der Waals surface area contributed by atoms with E-state index in [4.69, 9.17) is 4.98 Å². The summed E-state index contributed by atoms with van der Waals surface area (Å²) in [5, 5.41) is 1.11. The van der Waals surface area contributed by atoms with Gasteiger partial charge in [-0.1, -0.05) is 62.7 Å². The van der Waals surface area contributed by atoms with Crippen LogP contribution in [-0.2, 0) is 0 Å². The van der Waals surface area contributed by atoms with Gasteiger partial charge in [-0.05, 0) is 26.6 Å². The first-order valence-corrected chi connectivity index (χ1v) is 8.81. The number of carbonyl (C=O) groups excluding carboxylic acids is 1. The number of benzene rings is 2. The highest BCUT2D eigenvalue weighted by Gasteiger charge is 2.29. The van der Waals surface area contributed by atoms with Crippen molar-refractivity contribution in [2.75, 3.05) is 0 Å². The smallest absolute Gasteiger partial charge is 0.185 e. The van der Waals surface area contributed by atoms with Crippen molar-refractivity contribution in [2.24, 2.45) is 5.41 Å². The van der Waals surface area contributed by atoms with Gasteiger partial charge in [0.1, 0.15) is 0 Å². The van der Waals surface area contributed by atoms with Crippen molar-refractivity contribution in [2.45, 2.75) is 27.7 Å². The third-order valence-corrected chi connectivity index (χ3v) is 6.39. The summed E-state index contributed by atoms with van der Waals surface area (Å²) in [4.78, 5) is 17.9. The number of nitrogens with zero attached hydrogens (tertiary/aromatic N) is 1. The fourth-order valence-electron chi connectivity index (χ4n) is 2.51. The minimum atomic E-state index is -1.06. The van der Waals surface area contributed by atoms with E-state index >= 15 is 0 Å². The summed E-state index contributed by atoms with van der Waals surface area (Å²) >= 11 is 0. The number of fused-ring (bicyclic) bond motifs is 1. The van der Waals surface area contributed by atoms with E-state index in [0.29, 0.717) is 0 Å². The molecule has 2 nitrogen and oxygen atoms in total. The van der Waals surface area contributed by atoms with Crippen molar-refractivity contribution in [3.8, 4) is 11.0 Å². The first kappa shape index (κ1) is 15.0. The second-order valence-electron chi connectivity index (χ2n) is 6.68. The molecule has 0 N–H and O–H groups in total. The zero-order valence-electron chi connectivity index (χ0n) is 13.4. The molecule has 2 aromatic carbocycles. The number of carbonyl (C=O) groups is 1. The van der Waals surface area contributed by atoms with Gasteiger partial charge in [0.15, 0.2) is 5.52 Å². The van der Waals surface area contributed by atoms with Gasteiger partial charge in [0, 0.05) is 16.1 Å². The first-order chi connectivity index (χ1) is 10.4. The molecule has 1 unspecified atom stereocenters. The van der Waals surface area contributed by atoms with E-state index in [1.165, 1.54) is 5.56 Å². The molecule has 0 saturated heterocycles. The van der Waals surface area contributed by atoms with Crippen molar-refractivity contribution in [1.29, 1.82) is 0 Å². The quantitative estimate of drug-likeness (QED) is 0.591. The second-order valence-corrected chi connectivity index (χ2v) is 8.67. The van der Waals surface area contributed by atoms with Crippen LogP contribution in [0.2, 0.25) is 0 Å². The maximum absolute atomic E-state index is 13.1. The van der Waals surface area contributed by atoms with Crippen LogP contribution in [0.25, 0.3) is 21.6 Å². The average Bonchev–Trinajstić information content (AvgIpc) is 2.84. The molecule has 0 radical (unpaired) electrons. The molecule has 0 fully saturated rings. The van der Waals surface area contributed by atoms with E-state index in [0.717, 1.165) is 21.6 Å². The molecule has 0 aliphatic carbocycles. The van der Waals surface area contributed by atoms with Crippen LogP contribution in [0.15, 0.2) is 48.5 Å². The predicted molar refractivity (Wildman–Crippen MR) is 94.7 cm³/mol. The third-order valence-electron chi connectivity index (χ3n) is 3.69. The van der Waals surface area contributed by atoms with Gasteiger partial charge in [-0.3, -0.25) is 4.79 Å². The minimum Gasteiger partial charge on any atom is -0.289 e. The summed E-state index contributed by atoms with van der Waals surface area (Å²) in [6, 6.07) is 16.3. The van der Waals surface area contributed by atoms with Gasteiger partial charge >= 0.3 is 0 Å². The SMILES string of the molecule is Cc1ccc2nc(-c3ccccc3)p(C(=O)C(C)(C)C)c2c1. The van der Waals surface area contributed by atoms with E-state index < -0.39 is 7.53 Å². The van der Waals surface area contributed by atoms with Gasteiger partial charge in [0.2, 0.25) is 0 Å². The molecule has 1 atom stereocenters. The monoisotopic (exact) mass is 309 g/mol. The Kier molecular flexibility index (Phi) is 3.66. The zero-order valence-corrected chi connectivity index (χ0v) is 14.3. The summed E-state index contributed by atoms with van der Waals surface area (Å²) in [5.74, 6) is 0. The standard InChI is InChI=1S/C19H20NOP/c1-13-10-11-15-16(12-13)22(18(21)19(2,3)4)17(20-15)14-8-6-5-7-9-14/h5-12H,1-4H3. The molecule has 0 bridgehead atoms. The largest absolute Gasteiger partial charge is 0.289 e. The Balaban J connectivity index is 2.35. The molecule has 3 rings (SSSR count). The van der Waals surface area contributed by atoms with Crippen molar-refractivity contribution in [1.82, 2.24) is 4.98 Å². The van der Waals surface area contributed by atoms with Gasteiger partial charge in [-0.15, -0.1) is 0 Å². The number of hydrogen-bond donors (Lipinski definition) is 0. The highest BCUT2D eigenvalue weighted by molar-refractivity contribution is 7.75. The molecule has 0 spiro atoms. The van der Waals surface area contributed by atoms with Crippen LogP contribution in [0.1, 0.15) is 31.1 Å². The Morgan fingerprint density at radius 1 is 1.05 bits per heavy atom. The van der Waals surface area contributed by atoms with Crippen LogP contribution in [0, 0.1) is 12.3 Å². The van der Waals surface area contributed by atoms with E-state index in [2.05, 4.69) is 19.1 Å². The van der Waals surface area contributed by atoms with E-state index in [-0.39, 0.29) is 10.9 Å². The van der Waals surface area contributed by atoms with Gasteiger partial charge in [-0.2, -0.15) is 0 Å². The van der Waals surface area contributed by atoms with E-state index in [9.17, 15) is 4.79 Å². The molecule has 0 aliphatic heterocycles. The lowest BCUT2D eigenvalue weighted by atomic mass is 9.99. The van der Waals surface area contributed by atoms with Gasteiger partial charge in [0.25, 0.3) is 0 Å². The van der Waals surface area contributed by atoms with E-state index in [1.807, 2.05) is 57.2 Å². The lowest BCUT2D eigenvalue weighted by Gasteiger charge is -2.17. The Bertz CT molecular complexity index is 841. The highest BCUT2D eigenvalue weighted by atomic mass is 31.1.